The third kappa shape index (κ3) is 3.27. The third-order valence-corrected chi connectivity index (χ3v) is 5.50. The second kappa shape index (κ2) is 7.12. The van der Waals surface area contributed by atoms with Gasteiger partial charge in [0.2, 0.25) is 0 Å². The van der Waals surface area contributed by atoms with Crippen LogP contribution in [0.15, 0.2) is 0 Å². The van der Waals surface area contributed by atoms with Crippen LogP contribution in [0.2, 0.25) is 0 Å². The van der Waals surface area contributed by atoms with Gasteiger partial charge in [0.15, 0.2) is 5.78 Å². The molecule has 1 aromatic heterocycles. The summed E-state index contributed by atoms with van der Waals surface area (Å²) >= 11 is 0. The summed E-state index contributed by atoms with van der Waals surface area (Å²) in [4.78, 5) is 42.3. The number of ketones is 2. The summed E-state index contributed by atoms with van der Waals surface area (Å²) in [5.41, 5.74) is 2.45. The van der Waals surface area contributed by atoms with Gasteiger partial charge in [-0.1, -0.05) is 6.42 Å². The third-order valence-electron chi connectivity index (χ3n) is 5.50. The Hall–Kier alpha value is -1.95. The maximum Gasteiger partial charge on any atom is 0.271 e. The Kier molecular flexibility index (Phi) is 5.08. The Balaban J connectivity index is 1.90. The van der Waals surface area contributed by atoms with E-state index in [4.69, 9.17) is 4.74 Å². The highest BCUT2D eigenvalue weighted by molar-refractivity contribution is 6.02. The quantitative estimate of drug-likeness (QED) is 0.853. The first-order valence-electron chi connectivity index (χ1n) is 9.03. The van der Waals surface area contributed by atoms with E-state index in [1.165, 1.54) is 6.92 Å². The van der Waals surface area contributed by atoms with Crippen molar-refractivity contribution >= 4 is 17.5 Å². The molecule has 0 spiro atoms. The Morgan fingerprint density at radius 2 is 2.00 bits per heavy atom. The molecule has 1 saturated carbocycles. The van der Waals surface area contributed by atoms with Gasteiger partial charge in [-0.25, -0.2) is 0 Å². The molecule has 1 aromatic rings. The average molecular weight is 346 g/mol. The minimum Gasteiger partial charge on any atom is -0.377 e. The fourth-order valence-corrected chi connectivity index (χ4v) is 4.26. The van der Waals surface area contributed by atoms with Crippen LogP contribution >= 0.6 is 0 Å². The molecule has 1 aliphatic carbocycles. The van der Waals surface area contributed by atoms with Gasteiger partial charge in [0.25, 0.3) is 5.91 Å². The Bertz CT molecular complexity index is 707. The molecule has 2 heterocycles. The lowest BCUT2D eigenvalue weighted by atomic mass is 9.82. The van der Waals surface area contributed by atoms with Crippen LogP contribution in [0.1, 0.15) is 64.7 Å². The minimum absolute atomic E-state index is 0.0497. The summed E-state index contributed by atoms with van der Waals surface area (Å²) in [6.45, 7) is 6.47. The van der Waals surface area contributed by atoms with Crippen LogP contribution in [0.25, 0.3) is 0 Å². The van der Waals surface area contributed by atoms with E-state index < -0.39 is 0 Å². The lowest BCUT2D eigenvalue weighted by molar-refractivity contribution is -0.129. The molecule has 0 aromatic carbocycles. The Labute approximate surface area is 147 Å². The zero-order chi connectivity index (χ0) is 18.1. The zero-order valence-corrected chi connectivity index (χ0v) is 15.2. The van der Waals surface area contributed by atoms with E-state index in [1.54, 1.807) is 11.8 Å². The molecular formula is C19H26N2O4. The molecule has 2 atom stereocenters. The van der Waals surface area contributed by atoms with Gasteiger partial charge in [-0.05, 0) is 39.2 Å². The number of nitrogens with zero attached hydrogens (tertiary/aromatic N) is 1. The molecule has 25 heavy (non-hydrogen) atoms. The van der Waals surface area contributed by atoms with E-state index in [0.29, 0.717) is 48.7 Å². The molecule has 0 bridgehead atoms. The molecule has 6 heteroatoms. The first-order chi connectivity index (χ1) is 11.9. The standard InChI is InChI=1S/C19H26N2O4/c1-11-17(13(3)22)12(2)20-18(11)19(24)21-8-9-25-10-15(21)14-6-4-5-7-16(14)23/h14-15,20H,4-10H2,1-3H3/t14-,15+/m1/s1. The van der Waals surface area contributed by atoms with Gasteiger partial charge in [-0.3, -0.25) is 14.4 Å². The number of ether oxygens (including phenoxy) is 1. The number of hydrogen-bond donors (Lipinski definition) is 1. The smallest absolute Gasteiger partial charge is 0.271 e. The number of carbonyl (C=O) groups excluding carboxylic acids is 3. The van der Waals surface area contributed by atoms with Crippen molar-refractivity contribution in [1.82, 2.24) is 9.88 Å². The molecule has 0 radical (unpaired) electrons. The summed E-state index contributed by atoms with van der Waals surface area (Å²) < 4.78 is 5.59. The second-order valence-corrected chi connectivity index (χ2v) is 7.14. The number of aromatic nitrogens is 1. The number of rotatable bonds is 3. The SMILES string of the molecule is CC(=O)c1c(C)[nH]c(C(=O)N2CCOC[C@H]2[C@H]2CCCCC2=O)c1C. The average Bonchev–Trinajstić information content (AvgIpc) is 2.89. The van der Waals surface area contributed by atoms with E-state index >= 15 is 0 Å². The van der Waals surface area contributed by atoms with Crippen molar-refractivity contribution in [2.75, 3.05) is 19.8 Å². The van der Waals surface area contributed by atoms with E-state index in [0.717, 1.165) is 19.3 Å². The number of morpholine rings is 1. The Morgan fingerprint density at radius 3 is 2.64 bits per heavy atom. The van der Waals surface area contributed by atoms with Crippen LogP contribution in [0, 0.1) is 19.8 Å². The number of aromatic amines is 1. The molecule has 1 N–H and O–H groups in total. The van der Waals surface area contributed by atoms with Crippen molar-refractivity contribution in [1.29, 1.82) is 0 Å². The number of nitrogens with one attached hydrogen (secondary N) is 1. The fraction of sp³-hybridized carbons (Fsp3) is 0.632. The normalized spacial score (nSPS) is 24.4. The van der Waals surface area contributed by atoms with Crippen LogP contribution in [-0.2, 0) is 9.53 Å². The van der Waals surface area contributed by atoms with E-state index in [-0.39, 0.29) is 29.4 Å². The van der Waals surface area contributed by atoms with Crippen molar-refractivity contribution in [2.24, 2.45) is 5.92 Å². The Morgan fingerprint density at radius 1 is 1.24 bits per heavy atom. The lowest BCUT2D eigenvalue weighted by Crippen LogP contribution is -2.54. The van der Waals surface area contributed by atoms with Crippen molar-refractivity contribution in [3.05, 3.63) is 22.5 Å². The highest BCUT2D eigenvalue weighted by atomic mass is 16.5. The molecule has 1 saturated heterocycles. The predicted octanol–water partition coefficient (Wildman–Crippen LogP) is 2.43. The predicted molar refractivity (Wildman–Crippen MR) is 92.9 cm³/mol. The fourth-order valence-electron chi connectivity index (χ4n) is 4.26. The van der Waals surface area contributed by atoms with Gasteiger partial charge >= 0.3 is 0 Å². The minimum atomic E-state index is -0.210. The summed E-state index contributed by atoms with van der Waals surface area (Å²) in [5, 5.41) is 0. The van der Waals surface area contributed by atoms with Crippen LogP contribution in [-0.4, -0.2) is 53.2 Å². The van der Waals surface area contributed by atoms with E-state index in [2.05, 4.69) is 4.98 Å². The maximum absolute atomic E-state index is 13.2. The first kappa shape index (κ1) is 17.9. The second-order valence-electron chi connectivity index (χ2n) is 7.14. The maximum atomic E-state index is 13.2. The van der Waals surface area contributed by atoms with E-state index in [9.17, 15) is 14.4 Å². The highest BCUT2D eigenvalue weighted by Gasteiger charge is 2.39. The molecule has 136 valence electrons. The first-order valence-corrected chi connectivity index (χ1v) is 9.03. The number of carbonyl (C=O) groups is 3. The van der Waals surface area contributed by atoms with Gasteiger partial charge in [-0.2, -0.15) is 0 Å². The van der Waals surface area contributed by atoms with Gasteiger partial charge in [-0.15, -0.1) is 0 Å². The molecule has 1 amide bonds. The van der Waals surface area contributed by atoms with Crippen LogP contribution in [0.5, 0.6) is 0 Å². The number of amides is 1. The summed E-state index contributed by atoms with van der Waals surface area (Å²) in [6, 6.07) is -0.210. The van der Waals surface area contributed by atoms with Gasteiger partial charge in [0, 0.05) is 30.1 Å². The van der Waals surface area contributed by atoms with Crippen molar-refractivity contribution in [2.45, 2.75) is 52.5 Å². The van der Waals surface area contributed by atoms with Crippen LogP contribution in [0.3, 0.4) is 0 Å². The van der Waals surface area contributed by atoms with E-state index in [1.807, 2.05) is 6.92 Å². The number of hydrogen-bond acceptors (Lipinski definition) is 4. The van der Waals surface area contributed by atoms with Gasteiger partial charge in [0.05, 0.1) is 19.3 Å². The molecule has 3 rings (SSSR count). The highest BCUT2D eigenvalue weighted by Crippen LogP contribution is 2.30. The summed E-state index contributed by atoms with van der Waals surface area (Å²) in [7, 11) is 0. The number of Topliss-reactive ketones (excluding diaryl/α,β-unsaturated/α-hetero) is 2. The lowest BCUT2D eigenvalue weighted by Gasteiger charge is -2.40. The summed E-state index contributed by atoms with van der Waals surface area (Å²) in [5.74, 6) is -0.0870. The largest absolute Gasteiger partial charge is 0.377 e. The van der Waals surface area contributed by atoms with Crippen LogP contribution in [0.4, 0.5) is 0 Å². The molecule has 6 nitrogen and oxygen atoms in total. The van der Waals surface area contributed by atoms with Crippen molar-refractivity contribution in [3.63, 3.8) is 0 Å². The van der Waals surface area contributed by atoms with Crippen LogP contribution < -0.4 is 0 Å². The van der Waals surface area contributed by atoms with Gasteiger partial charge in [0.1, 0.15) is 11.5 Å². The topological polar surface area (TPSA) is 79.5 Å². The molecular weight excluding hydrogens is 320 g/mol. The molecule has 2 fully saturated rings. The molecule has 2 aliphatic rings. The number of H-pyrrole nitrogens is 1. The summed E-state index contributed by atoms with van der Waals surface area (Å²) in [6.07, 6.45) is 3.37. The molecule has 0 unspecified atom stereocenters. The van der Waals surface area contributed by atoms with Gasteiger partial charge < -0.3 is 14.6 Å². The zero-order valence-electron chi connectivity index (χ0n) is 15.2. The number of aryl methyl sites for hydroxylation is 1. The molecule has 1 aliphatic heterocycles. The van der Waals surface area contributed by atoms with Crippen molar-refractivity contribution in [3.8, 4) is 0 Å². The van der Waals surface area contributed by atoms with Crippen molar-refractivity contribution < 1.29 is 19.1 Å². The monoisotopic (exact) mass is 346 g/mol.